The average molecular weight is 391 g/mol. The zero-order chi connectivity index (χ0) is 21.0. The van der Waals surface area contributed by atoms with Gasteiger partial charge in [-0.25, -0.2) is 9.69 Å². The first-order chi connectivity index (χ1) is 14.0. The summed E-state index contributed by atoms with van der Waals surface area (Å²) in [6.45, 7) is 7.99. The third-order valence-electron chi connectivity index (χ3n) is 5.04. The number of benzene rings is 2. The summed E-state index contributed by atoms with van der Waals surface area (Å²) in [7, 11) is 0. The summed E-state index contributed by atoms with van der Waals surface area (Å²) >= 11 is 0. The van der Waals surface area contributed by atoms with Crippen LogP contribution in [0.4, 0.5) is 16.2 Å². The standard InChI is InChI=1S/C23H25N3O3/c1-4-16-7-13-19(14-8-16)26-22(28)20(21(27)24-23(26)29)15-17-9-11-18(12-10-17)25(5-2)6-3/h7-15H,4-6H2,1-3H3,(H,24,27,29). The minimum absolute atomic E-state index is 0.0697. The number of carbonyl (C=O) groups is 3. The molecule has 29 heavy (non-hydrogen) atoms. The summed E-state index contributed by atoms with van der Waals surface area (Å²) in [6, 6.07) is 14.0. The van der Waals surface area contributed by atoms with Gasteiger partial charge in [0.25, 0.3) is 11.8 Å². The maximum Gasteiger partial charge on any atom is 0.335 e. The lowest BCUT2D eigenvalue weighted by molar-refractivity contribution is -0.122. The molecule has 1 fully saturated rings. The van der Waals surface area contributed by atoms with E-state index in [9.17, 15) is 14.4 Å². The molecule has 1 aliphatic rings. The fraction of sp³-hybridized carbons (Fsp3) is 0.261. The molecule has 1 aliphatic heterocycles. The van der Waals surface area contributed by atoms with Gasteiger partial charge in [0.1, 0.15) is 5.57 Å². The van der Waals surface area contributed by atoms with E-state index in [1.54, 1.807) is 12.1 Å². The van der Waals surface area contributed by atoms with E-state index in [2.05, 4.69) is 24.1 Å². The highest BCUT2D eigenvalue weighted by molar-refractivity contribution is 6.39. The van der Waals surface area contributed by atoms with Gasteiger partial charge in [0.05, 0.1) is 5.69 Å². The molecule has 4 amide bonds. The molecule has 1 heterocycles. The van der Waals surface area contributed by atoms with Crippen molar-refractivity contribution in [3.05, 3.63) is 65.2 Å². The number of hydrogen-bond donors (Lipinski definition) is 1. The Balaban J connectivity index is 1.90. The van der Waals surface area contributed by atoms with Crippen LogP contribution in [0.15, 0.2) is 54.1 Å². The van der Waals surface area contributed by atoms with Crippen molar-refractivity contribution >= 4 is 35.3 Å². The number of nitrogens with one attached hydrogen (secondary N) is 1. The largest absolute Gasteiger partial charge is 0.372 e. The number of anilines is 2. The SMILES string of the molecule is CCc1ccc(N2C(=O)NC(=O)C(=Cc3ccc(N(CC)CC)cc3)C2=O)cc1. The molecule has 0 bridgehead atoms. The zero-order valence-electron chi connectivity index (χ0n) is 16.9. The maximum absolute atomic E-state index is 12.9. The van der Waals surface area contributed by atoms with Gasteiger partial charge in [-0.15, -0.1) is 0 Å². The Bertz CT molecular complexity index is 942. The van der Waals surface area contributed by atoms with Gasteiger partial charge in [-0.1, -0.05) is 31.2 Å². The highest BCUT2D eigenvalue weighted by Gasteiger charge is 2.36. The molecule has 0 aromatic heterocycles. The highest BCUT2D eigenvalue weighted by Crippen LogP contribution is 2.23. The van der Waals surface area contributed by atoms with Crippen LogP contribution in [0.5, 0.6) is 0 Å². The van der Waals surface area contributed by atoms with Gasteiger partial charge in [-0.2, -0.15) is 0 Å². The molecule has 0 saturated carbocycles. The molecule has 1 saturated heterocycles. The van der Waals surface area contributed by atoms with E-state index in [4.69, 9.17) is 0 Å². The number of imide groups is 2. The van der Waals surface area contributed by atoms with E-state index < -0.39 is 17.8 Å². The fourth-order valence-corrected chi connectivity index (χ4v) is 3.31. The second-order valence-corrected chi connectivity index (χ2v) is 6.74. The van der Waals surface area contributed by atoms with Crippen molar-refractivity contribution in [3.63, 3.8) is 0 Å². The van der Waals surface area contributed by atoms with Crippen molar-refractivity contribution in [1.82, 2.24) is 5.32 Å². The van der Waals surface area contributed by atoms with E-state index in [1.807, 2.05) is 43.3 Å². The molecule has 3 rings (SSSR count). The zero-order valence-corrected chi connectivity index (χ0v) is 16.9. The minimum Gasteiger partial charge on any atom is -0.372 e. The van der Waals surface area contributed by atoms with Crippen molar-refractivity contribution in [2.24, 2.45) is 0 Å². The predicted molar refractivity (Wildman–Crippen MR) is 115 cm³/mol. The van der Waals surface area contributed by atoms with Crippen LogP contribution >= 0.6 is 0 Å². The third-order valence-corrected chi connectivity index (χ3v) is 5.04. The third kappa shape index (κ3) is 4.21. The molecular formula is C23H25N3O3. The number of carbonyl (C=O) groups excluding carboxylic acids is 3. The normalized spacial score (nSPS) is 15.6. The smallest absolute Gasteiger partial charge is 0.335 e. The van der Waals surface area contributed by atoms with Crippen LogP contribution in [-0.4, -0.2) is 30.9 Å². The van der Waals surface area contributed by atoms with E-state index in [-0.39, 0.29) is 5.57 Å². The summed E-state index contributed by atoms with van der Waals surface area (Å²) in [5, 5.41) is 2.26. The van der Waals surface area contributed by atoms with Crippen LogP contribution < -0.4 is 15.1 Å². The Morgan fingerprint density at radius 2 is 1.52 bits per heavy atom. The highest BCUT2D eigenvalue weighted by atomic mass is 16.2. The lowest BCUT2D eigenvalue weighted by atomic mass is 10.1. The van der Waals surface area contributed by atoms with Crippen LogP contribution in [-0.2, 0) is 16.0 Å². The van der Waals surface area contributed by atoms with Crippen molar-refractivity contribution < 1.29 is 14.4 Å². The van der Waals surface area contributed by atoms with Crippen molar-refractivity contribution in [2.75, 3.05) is 22.9 Å². The molecule has 0 spiro atoms. The summed E-state index contributed by atoms with van der Waals surface area (Å²) in [4.78, 5) is 40.7. The molecule has 6 nitrogen and oxygen atoms in total. The monoisotopic (exact) mass is 391 g/mol. The Hall–Kier alpha value is -3.41. The molecule has 2 aromatic rings. The molecule has 0 unspecified atom stereocenters. The quantitative estimate of drug-likeness (QED) is 0.601. The van der Waals surface area contributed by atoms with E-state index in [0.717, 1.165) is 41.2 Å². The molecule has 1 N–H and O–H groups in total. The molecule has 0 atom stereocenters. The number of nitrogens with zero attached hydrogens (tertiary/aromatic N) is 2. The van der Waals surface area contributed by atoms with Gasteiger partial charge >= 0.3 is 6.03 Å². The van der Waals surface area contributed by atoms with Gasteiger partial charge in [0.15, 0.2) is 0 Å². The van der Waals surface area contributed by atoms with Gasteiger partial charge in [0, 0.05) is 18.8 Å². The second kappa shape index (κ2) is 8.73. The van der Waals surface area contributed by atoms with Crippen LogP contribution in [0.1, 0.15) is 31.9 Å². The van der Waals surface area contributed by atoms with E-state index >= 15 is 0 Å². The van der Waals surface area contributed by atoms with Gasteiger partial charge in [-0.05, 0) is 61.7 Å². The summed E-state index contributed by atoms with van der Waals surface area (Å²) in [5.41, 5.74) is 3.25. The topological polar surface area (TPSA) is 69.7 Å². The molecule has 0 aliphatic carbocycles. The maximum atomic E-state index is 12.9. The molecule has 150 valence electrons. The summed E-state index contributed by atoms with van der Waals surface area (Å²) in [6.07, 6.45) is 2.37. The Labute approximate surface area is 170 Å². The molecule has 2 aromatic carbocycles. The second-order valence-electron chi connectivity index (χ2n) is 6.74. The van der Waals surface area contributed by atoms with Crippen LogP contribution in [0.3, 0.4) is 0 Å². The van der Waals surface area contributed by atoms with Crippen LogP contribution in [0.25, 0.3) is 6.08 Å². The Morgan fingerprint density at radius 3 is 2.07 bits per heavy atom. The van der Waals surface area contributed by atoms with E-state index in [0.29, 0.717) is 5.69 Å². The summed E-state index contributed by atoms with van der Waals surface area (Å²) < 4.78 is 0. The van der Waals surface area contributed by atoms with Gasteiger partial charge in [0.2, 0.25) is 0 Å². The first kappa shape index (κ1) is 20.3. The van der Waals surface area contributed by atoms with Gasteiger partial charge < -0.3 is 4.90 Å². The summed E-state index contributed by atoms with van der Waals surface area (Å²) in [5.74, 6) is -1.31. The molecular weight excluding hydrogens is 366 g/mol. The predicted octanol–water partition coefficient (Wildman–Crippen LogP) is 3.76. The van der Waals surface area contributed by atoms with Crippen LogP contribution in [0, 0.1) is 0 Å². The van der Waals surface area contributed by atoms with Gasteiger partial charge in [-0.3, -0.25) is 14.9 Å². The fourth-order valence-electron chi connectivity index (χ4n) is 3.31. The number of amides is 4. The average Bonchev–Trinajstić information content (AvgIpc) is 2.73. The lowest BCUT2D eigenvalue weighted by Gasteiger charge is -2.26. The Kier molecular flexibility index (Phi) is 6.12. The van der Waals surface area contributed by atoms with Crippen LogP contribution in [0.2, 0.25) is 0 Å². The number of hydrogen-bond acceptors (Lipinski definition) is 4. The molecule has 0 radical (unpaired) electrons. The number of rotatable bonds is 6. The lowest BCUT2D eigenvalue weighted by Crippen LogP contribution is -2.54. The number of barbiturate groups is 1. The first-order valence-electron chi connectivity index (χ1n) is 9.83. The van der Waals surface area contributed by atoms with Crippen molar-refractivity contribution in [2.45, 2.75) is 27.2 Å². The number of aryl methyl sites for hydroxylation is 1. The van der Waals surface area contributed by atoms with Crippen molar-refractivity contribution in [3.8, 4) is 0 Å². The van der Waals surface area contributed by atoms with Crippen molar-refractivity contribution in [1.29, 1.82) is 0 Å². The number of urea groups is 1. The van der Waals surface area contributed by atoms with E-state index in [1.165, 1.54) is 6.08 Å². The first-order valence-corrected chi connectivity index (χ1v) is 9.83. The Morgan fingerprint density at radius 1 is 0.897 bits per heavy atom. The minimum atomic E-state index is -0.738. The molecule has 6 heteroatoms.